The number of benzene rings is 3. The van der Waals surface area contributed by atoms with Gasteiger partial charge in [-0.2, -0.15) is 0 Å². The summed E-state index contributed by atoms with van der Waals surface area (Å²) in [6, 6.07) is 14.0. The zero-order valence-electron chi connectivity index (χ0n) is 14.1. The van der Waals surface area contributed by atoms with Crippen LogP contribution in [0, 0.1) is 11.6 Å². The van der Waals surface area contributed by atoms with Gasteiger partial charge in [0.2, 0.25) is 10.0 Å². The number of para-hydroxylation sites is 1. The van der Waals surface area contributed by atoms with Crippen molar-refractivity contribution in [1.82, 2.24) is 0 Å². The Balaban J connectivity index is 2.17. The van der Waals surface area contributed by atoms with E-state index in [9.17, 15) is 26.0 Å². The Bertz CT molecular complexity index is 1170. The molecule has 0 heterocycles. The predicted octanol–water partition coefficient (Wildman–Crippen LogP) is 3.21. The fourth-order valence-electron chi connectivity index (χ4n) is 2.69. The quantitative estimate of drug-likeness (QED) is 0.637. The average Bonchev–Trinajstić information content (AvgIpc) is 2.61. The highest BCUT2D eigenvalue weighted by molar-refractivity contribution is 7.89. The third-order valence-electron chi connectivity index (χ3n) is 3.86. The first kappa shape index (κ1) is 20.1. The van der Waals surface area contributed by atoms with E-state index in [0.29, 0.717) is 6.07 Å². The van der Waals surface area contributed by atoms with E-state index >= 15 is 0 Å². The second-order valence-corrected chi connectivity index (χ2v) is 8.03. The summed E-state index contributed by atoms with van der Waals surface area (Å²) in [6.45, 7) is 0. The van der Waals surface area contributed by atoms with E-state index in [1.807, 2.05) is 0 Å². The molecule has 0 aliphatic rings. The van der Waals surface area contributed by atoms with Crippen molar-refractivity contribution in [3.8, 4) is 11.1 Å². The van der Waals surface area contributed by atoms with Gasteiger partial charge in [0.1, 0.15) is 16.5 Å². The summed E-state index contributed by atoms with van der Waals surface area (Å²) >= 11 is -2.91. The van der Waals surface area contributed by atoms with Crippen LogP contribution in [0.15, 0.2) is 71.6 Å². The number of nitrogens with two attached hydrogens (primary N) is 1. The molecule has 2 N–H and O–H groups in total. The molecule has 0 aliphatic heterocycles. The van der Waals surface area contributed by atoms with Gasteiger partial charge in [-0.3, -0.25) is 8.51 Å². The first-order chi connectivity index (χ1) is 13.2. The molecule has 1 unspecified atom stereocenters. The summed E-state index contributed by atoms with van der Waals surface area (Å²) in [5.41, 5.74) is 0.193. The highest BCUT2D eigenvalue weighted by atomic mass is 32.2. The van der Waals surface area contributed by atoms with Gasteiger partial charge in [0, 0.05) is 11.6 Å². The lowest BCUT2D eigenvalue weighted by Crippen LogP contribution is -2.23. The minimum atomic E-state index is -4.21. The zero-order chi connectivity index (χ0) is 20.5. The van der Waals surface area contributed by atoms with E-state index in [1.165, 1.54) is 54.6 Å². The molecule has 0 spiro atoms. The van der Waals surface area contributed by atoms with Crippen molar-refractivity contribution >= 4 is 32.7 Å². The normalized spacial score (nSPS) is 12.6. The topological polar surface area (TPSA) is 104 Å². The van der Waals surface area contributed by atoms with Crippen LogP contribution in [0.2, 0.25) is 0 Å². The van der Waals surface area contributed by atoms with E-state index in [4.69, 9.17) is 5.14 Å². The number of sulfonamides is 1. The molecule has 0 amide bonds. The van der Waals surface area contributed by atoms with Crippen molar-refractivity contribution in [1.29, 1.82) is 0 Å². The summed E-state index contributed by atoms with van der Waals surface area (Å²) in [4.78, 5) is -0.391. The Morgan fingerprint density at radius 1 is 0.964 bits per heavy atom. The molecule has 0 bridgehead atoms. The van der Waals surface area contributed by atoms with E-state index in [1.54, 1.807) is 0 Å². The van der Waals surface area contributed by atoms with Crippen molar-refractivity contribution in [3.63, 3.8) is 0 Å². The fourth-order valence-corrected chi connectivity index (χ4v) is 4.08. The van der Waals surface area contributed by atoms with Gasteiger partial charge >= 0.3 is 0 Å². The lowest BCUT2D eigenvalue weighted by atomic mass is 10.0. The minimum absolute atomic E-state index is 0.0469. The van der Waals surface area contributed by atoms with Gasteiger partial charge in [-0.05, 0) is 42.0 Å². The Hall–Kier alpha value is -2.66. The van der Waals surface area contributed by atoms with Crippen LogP contribution < -0.4 is 9.44 Å². The van der Waals surface area contributed by atoms with E-state index < -0.39 is 37.8 Å². The number of rotatable bonds is 5. The summed E-state index contributed by atoms with van der Waals surface area (Å²) < 4.78 is 75.5. The number of nitrogens with zero attached hydrogens (tertiary/aromatic N) is 1. The molecule has 3 aromatic rings. The van der Waals surface area contributed by atoms with Gasteiger partial charge in [-0.25, -0.2) is 22.3 Å². The molecule has 0 fully saturated rings. The van der Waals surface area contributed by atoms with Gasteiger partial charge in [0.15, 0.2) is 0 Å². The van der Waals surface area contributed by atoms with Crippen LogP contribution in [0.4, 0.5) is 20.2 Å². The number of hydrogen-bond acceptors (Lipinski definition) is 4. The molecule has 0 aromatic heterocycles. The molecule has 1 atom stereocenters. The monoisotopic (exact) mass is 423 g/mol. The number of primary sulfonamides is 1. The molecule has 146 valence electrons. The second kappa shape index (κ2) is 7.76. The molecule has 28 heavy (non-hydrogen) atoms. The van der Waals surface area contributed by atoms with Gasteiger partial charge in [0.05, 0.1) is 22.6 Å². The third kappa shape index (κ3) is 4.09. The molecule has 6 nitrogen and oxygen atoms in total. The maximum atomic E-state index is 14.1. The Morgan fingerprint density at radius 3 is 2.32 bits per heavy atom. The van der Waals surface area contributed by atoms with Crippen molar-refractivity contribution < 1.29 is 26.0 Å². The molecular formula is C18H13F2N2O4S2-. The maximum Gasteiger partial charge on any atom is 0.240 e. The van der Waals surface area contributed by atoms with Gasteiger partial charge in [-0.15, -0.1) is 0 Å². The lowest BCUT2D eigenvalue weighted by Gasteiger charge is -2.28. The van der Waals surface area contributed by atoms with Crippen LogP contribution >= 0.6 is 0 Å². The van der Waals surface area contributed by atoms with Crippen LogP contribution in [0.3, 0.4) is 0 Å². The fraction of sp³-hybridized carbons (Fsp3) is 0. The molecule has 10 heteroatoms. The Morgan fingerprint density at radius 2 is 1.68 bits per heavy atom. The molecule has 0 aliphatic carbocycles. The SMILES string of the molecule is NS(=O)(=O)c1ccccc1N(c1cccc(-c2ccc(F)cc2F)c1)S(=O)[O-]. The van der Waals surface area contributed by atoms with Gasteiger partial charge in [-0.1, -0.05) is 24.3 Å². The molecule has 3 aromatic carbocycles. The van der Waals surface area contributed by atoms with Crippen molar-refractivity contribution in [2.24, 2.45) is 5.14 Å². The summed E-state index contributed by atoms with van der Waals surface area (Å²) in [7, 11) is -4.21. The standard InChI is InChI=1S/C18H14F2N2O4S2/c19-13-8-9-15(16(20)11-13)12-4-3-5-14(10-12)22(27(23)24)17-6-1-2-7-18(17)28(21,25)26/h1-11H,(H,23,24)(H2,21,25,26)/p-1. The van der Waals surface area contributed by atoms with Crippen LogP contribution in [-0.4, -0.2) is 17.2 Å². The average molecular weight is 423 g/mol. The van der Waals surface area contributed by atoms with Gasteiger partial charge < -0.3 is 4.55 Å². The molecule has 0 saturated heterocycles. The number of anilines is 2. The maximum absolute atomic E-state index is 14.1. The Labute approximate surface area is 162 Å². The van der Waals surface area contributed by atoms with Crippen molar-refractivity contribution in [2.45, 2.75) is 4.90 Å². The van der Waals surface area contributed by atoms with Crippen LogP contribution in [-0.2, 0) is 21.3 Å². The molecule has 0 radical (unpaired) electrons. The summed E-state index contributed by atoms with van der Waals surface area (Å²) in [6.07, 6.45) is 0. The van der Waals surface area contributed by atoms with E-state index in [0.717, 1.165) is 10.4 Å². The second-order valence-electron chi connectivity index (χ2n) is 5.70. The predicted molar refractivity (Wildman–Crippen MR) is 101 cm³/mol. The summed E-state index contributed by atoms with van der Waals surface area (Å²) in [5.74, 6) is -1.57. The highest BCUT2D eigenvalue weighted by Gasteiger charge is 2.21. The third-order valence-corrected chi connectivity index (χ3v) is 5.53. The highest BCUT2D eigenvalue weighted by Crippen LogP contribution is 2.34. The van der Waals surface area contributed by atoms with Crippen molar-refractivity contribution in [3.05, 3.63) is 78.4 Å². The Kier molecular flexibility index (Phi) is 5.57. The largest absolute Gasteiger partial charge is 0.755 e. The lowest BCUT2D eigenvalue weighted by molar-refractivity contribution is 0.537. The number of halogens is 2. The first-order valence-electron chi connectivity index (χ1n) is 7.75. The molecular weight excluding hydrogens is 410 g/mol. The zero-order valence-corrected chi connectivity index (χ0v) is 15.7. The van der Waals surface area contributed by atoms with E-state index in [2.05, 4.69) is 0 Å². The van der Waals surface area contributed by atoms with Crippen molar-refractivity contribution in [2.75, 3.05) is 4.31 Å². The van der Waals surface area contributed by atoms with Crippen LogP contribution in [0.5, 0.6) is 0 Å². The molecule has 0 saturated carbocycles. The van der Waals surface area contributed by atoms with Crippen LogP contribution in [0.25, 0.3) is 11.1 Å². The smallest absolute Gasteiger partial charge is 0.240 e. The molecule has 3 rings (SSSR count). The van der Waals surface area contributed by atoms with Crippen LogP contribution in [0.1, 0.15) is 0 Å². The van der Waals surface area contributed by atoms with E-state index in [-0.39, 0.29) is 22.5 Å². The minimum Gasteiger partial charge on any atom is -0.755 e. The summed E-state index contributed by atoms with van der Waals surface area (Å²) in [5, 5.41) is 5.19. The first-order valence-corrected chi connectivity index (χ1v) is 10.3. The van der Waals surface area contributed by atoms with Gasteiger partial charge in [0.25, 0.3) is 0 Å². The number of hydrogen-bond donors (Lipinski definition) is 1.